The van der Waals surface area contributed by atoms with E-state index in [1.54, 1.807) is 0 Å². The highest BCUT2D eigenvalue weighted by Crippen LogP contribution is 2.35. The van der Waals surface area contributed by atoms with Gasteiger partial charge in [0.1, 0.15) is 0 Å². The van der Waals surface area contributed by atoms with Crippen molar-refractivity contribution < 1.29 is 4.79 Å². The fourth-order valence-electron chi connectivity index (χ4n) is 3.02. The minimum atomic E-state index is -0.464. The summed E-state index contributed by atoms with van der Waals surface area (Å²) in [4.78, 5) is 14.0. The second kappa shape index (κ2) is 6.84. The first-order chi connectivity index (χ1) is 9.95. The van der Waals surface area contributed by atoms with Crippen molar-refractivity contribution in [3.8, 4) is 0 Å². The Balaban J connectivity index is 1.96. The molecule has 2 rings (SSSR count). The Morgan fingerprint density at radius 1 is 1.38 bits per heavy atom. The second-order valence-electron chi connectivity index (χ2n) is 6.53. The van der Waals surface area contributed by atoms with Crippen LogP contribution in [-0.2, 0) is 11.2 Å². The number of thiol groups is 1. The topological polar surface area (TPSA) is 46.3 Å². The molecule has 0 saturated carbocycles. The average Bonchev–Trinajstić information content (AvgIpc) is 2.49. The van der Waals surface area contributed by atoms with E-state index in [0.717, 1.165) is 32.4 Å². The van der Waals surface area contributed by atoms with E-state index < -0.39 is 6.04 Å². The molecule has 0 aromatic heterocycles. The Labute approximate surface area is 133 Å². The summed E-state index contributed by atoms with van der Waals surface area (Å²) in [5.41, 5.74) is 8.84. The highest BCUT2D eigenvalue weighted by molar-refractivity contribution is 7.80. The van der Waals surface area contributed by atoms with Crippen LogP contribution in [0.1, 0.15) is 30.9 Å². The van der Waals surface area contributed by atoms with Crippen molar-refractivity contribution >= 4 is 18.5 Å². The number of nitrogens with two attached hydrogens (primary N) is 1. The van der Waals surface area contributed by atoms with Crippen LogP contribution in [0, 0.1) is 12.3 Å². The van der Waals surface area contributed by atoms with Gasteiger partial charge in [0, 0.05) is 18.8 Å². The molecule has 1 aliphatic heterocycles. The molecule has 116 valence electrons. The summed E-state index contributed by atoms with van der Waals surface area (Å²) in [5, 5.41) is 0. The Hall–Kier alpha value is -1.000. The van der Waals surface area contributed by atoms with Crippen LogP contribution in [-0.4, -0.2) is 35.7 Å². The van der Waals surface area contributed by atoms with Crippen molar-refractivity contribution in [1.29, 1.82) is 0 Å². The third kappa shape index (κ3) is 4.01. The first-order valence-corrected chi connectivity index (χ1v) is 8.28. The van der Waals surface area contributed by atoms with Crippen LogP contribution in [0.25, 0.3) is 0 Å². The Kier molecular flexibility index (Phi) is 5.33. The molecule has 0 radical (unpaired) electrons. The fourth-order valence-corrected chi connectivity index (χ4v) is 3.18. The average molecular weight is 306 g/mol. The molecule has 1 aromatic carbocycles. The van der Waals surface area contributed by atoms with Crippen LogP contribution in [0.4, 0.5) is 0 Å². The summed E-state index contributed by atoms with van der Waals surface area (Å²) < 4.78 is 0. The van der Waals surface area contributed by atoms with Crippen molar-refractivity contribution in [3.63, 3.8) is 0 Å². The molecule has 0 spiro atoms. The zero-order valence-corrected chi connectivity index (χ0v) is 13.9. The zero-order valence-electron chi connectivity index (χ0n) is 13.0. The van der Waals surface area contributed by atoms with Crippen molar-refractivity contribution in [1.82, 2.24) is 4.90 Å². The fraction of sp³-hybridized carbons (Fsp3) is 0.588. The Morgan fingerprint density at radius 2 is 2.00 bits per heavy atom. The number of amides is 1. The van der Waals surface area contributed by atoms with Gasteiger partial charge in [-0.3, -0.25) is 4.79 Å². The number of carbonyl (C=O) groups is 1. The maximum absolute atomic E-state index is 12.1. The summed E-state index contributed by atoms with van der Waals surface area (Å²) in [5.74, 6) is 0.457. The van der Waals surface area contributed by atoms with Gasteiger partial charge >= 0.3 is 0 Å². The van der Waals surface area contributed by atoms with Gasteiger partial charge in [-0.25, -0.2) is 0 Å². The maximum atomic E-state index is 12.1. The van der Waals surface area contributed by atoms with Gasteiger partial charge in [-0.2, -0.15) is 12.6 Å². The predicted octanol–water partition coefficient (Wildman–Crippen LogP) is 2.42. The van der Waals surface area contributed by atoms with Gasteiger partial charge in [-0.1, -0.05) is 31.2 Å². The third-order valence-electron chi connectivity index (χ3n) is 4.67. The lowest BCUT2D eigenvalue weighted by Gasteiger charge is -2.40. The molecule has 21 heavy (non-hydrogen) atoms. The van der Waals surface area contributed by atoms with E-state index in [4.69, 9.17) is 5.73 Å². The van der Waals surface area contributed by atoms with Crippen LogP contribution < -0.4 is 5.73 Å². The standard InChI is InChI=1S/C17H26N2OS/c1-13-5-3-4-6-14(13)11-17(2)7-9-19(10-8-17)16(20)15(18)12-21/h3-6,15,21H,7-12,18H2,1-2H3/t15-/m0/s1. The van der Waals surface area contributed by atoms with Gasteiger partial charge < -0.3 is 10.6 Å². The van der Waals surface area contributed by atoms with E-state index in [1.165, 1.54) is 11.1 Å². The van der Waals surface area contributed by atoms with Crippen LogP contribution in [0.3, 0.4) is 0 Å². The van der Waals surface area contributed by atoms with Gasteiger partial charge in [-0.05, 0) is 42.7 Å². The van der Waals surface area contributed by atoms with E-state index >= 15 is 0 Å². The Bertz CT molecular complexity index is 495. The second-order valence-corrected chi connectivity index (χ2v) is 6.89. The molecule has 1 amide bonds. The molecule has 1 fully saturated rings. The molecule has 0 unspecified atom stereocenters. The van der Waals surface area contributed by atoms with Crippen molar-refractivity contribution in [3.05, 3.63) is 35.4 Å². The molecule has 4 heteroatoms. The number of carbonyl (C=O) groups excluding carboxylic acids is 1. The molecule has 1 aliphatic rings. The maximum Gasteiger partial charge on any atom is 0.240 e. The highest BCUT2D eigenvalue weighted by Gasteiger charge is 2.33. The van der Waals surface area contributed by atoms with E-state index in [9.17, 15) is 4.79 Å². The SMILES string of the molecule is Cc1ccccc1CC1(C)CCN(C(=O)[C@@H](N)CS)CC1. The predicted molar refractivity (Wildman–Crippen MR) is 90.6 cm³/mol. The zero-order chi connectivity index (χ0) is 15.5. The molecule has 1 atom stereocenters. The lowest BCUT2D eigenvalue weighted by molar-refractivity contribution is -0.134. The van der Waals surface area contributed by atoms with Crippen LogP contribution in [0.15, 0.2) is 24.3 Å². The molecule has 1 aromatic rings. The van der Waals surface area contributed by atoms with Gasteiger partial charge in [0.15, 0.2) is 0 Å². The van der Waals surface area contributed by atoms with Crippen molar-refractivity contribution in [2.75, 3.05) is 18.8 Å². The minimum Gasteiger partial charge on any atom is -0.341 e. The summed E-state index contributed by atoms with van der Waals surface area (Å²) in [6.45, 7) is 6.12. The summed E-state index contributed by atoms with van der Waals surface area (Å²) in [6.07, 6.45) is 3.15. The molecule has 0 aliphatic carbocycles. The highest BCUT2D eigenvalue weighted by atomic mass is 32.1. The lowest BCUT2D eigenvalue weighted by Crippen LogP contribution is -2.49. The molecule has 3 nitrogen and oxygen atoms in total. The lowest BCUT2D eigenvalue weighted by atomic mass is 9.75. The number of likely N-dealkylation sites (tertiary alicyclic amines) is 1. The van der Waals surface area contributed by atoms with Crippen LogP contribution >= 0.6 is 12.6 Å². The number of hydrogen-bond donors (Lipinski definition) is 2. The normalized spacial score (nSPS) is 19.3. The number of nitrogens with zero attached hydrogens (tertiary/aromatic N) is 1. The van der Waals surface area contributed by atoms with Crippen LogP contribution in [0.5, 0.6) is 0 Å². The van der Waals surface area contributed by atoms with E-state index in [-0.39, 0.29) is 11.3 Å². The van der Waals surface area contributed by atoms with E-state index in [0.29, 0.717) is 5.75 Å². The molecule has 1 heterocycles. The summed E-state index contributed by atoms with van der Waals surface area (Å²) >= 11 is 4.11. The Morgan fingerprint density at radius 3 is 2.57 bits per heavy atom. The molecular weight excluding hydrogens is 280 g/mol. The van der Waals surface area contributed by atoms with Crippen LogP contribution in [0.2, 0.25) is 0 Å². The number of hydrogen-bond acceptors (Lipinski definition) is 3. The van der Waals surface area contributed by atoms with Gasteiger partial charge in [0.05, 0.1) is 6.04 Å². The van der Waals surface area contributed by atoms with Gasteiger partial charge in [0.2, 0.25) is 5.91 Å². The molecule has 0 bridgehead atoms. The molecule has 2 N–H and O–H groups in total. The molecular formula is C17H26N2OS. The van der Waals surface area contributed by atoms with Crippen molar-refractivity contribution in [2.45, 2.75) is 39.2 Å². The number of piperidine rings is 1. The number of rotatable bonds is 4. The molecule has 1 saturated heterocycles. The summed E-state index contributed by atoms with van der Waals surface area (Å²) in [6, 6.07) is 8.11. The monoisotopic (exact) mass is 306 g/mol. The number of benzene rings is 1. The third-order valence-corrected chi connectivity index (χ3v) is 5.07. The van der Waals surface area contributed by atoms with Gasteiger partial charge in [-0.15, -0.1) is 0 Å². The largest absolute Gasteiger partial charge is 0.341 e. The minimum absolute atomic E-state index is 0.0444. The van der Waals surface area contributed by atoms with E-state index in [1.807, 2.05) is 4.90 Å². The first kappa shape index (κ1) is 16.4. The van der Waals surface area contributed by atoms with Crippen molar-refractivity contribution in [2.24, 2.45) is 11.1 Å². The first-order valence-electron chi connectivity index (χ1n) is 7.65. The van der Waals surface area contributed by atoms with Gasteiger partial charge in [0.25, 0.3) is 0 Å². The quantitative estimate of drug-likeness (QED) is 0.839. The smallest absolute Gasteiger partial charge is 0.240 e. The summed E-state index contributed by atoms with van der Waals surface area (Å²) in [7, 11) is 0. The van der Waals surface area contributed by atoms with E-state index in [2.05, 4.69) is 50.7 Å². The number of aryl methyl sites for hydroxylation is 1.